The summed E-state index contributed by atoms with van der Waals surface area (Å²) in [7, 11) is 10.5. The van der Waals surface area contributed by atoms with Crippen LogP contribution in [0.2, 0.25) is 0 Å². The van der Waals surface area contributed by atoms with Crippen LogP contribution < -0.4 is 0 Å². The van der Waals surface area contributed by atoms with E-state index in [1.807, 2.05) is 6.92 Å². The number of hydrogen-bond acceptors (Lipinski definition) is 2. The van der Waals surface area contributed by atoms with E-state index in [0.29, 0.717) is 12.0 Å². The molecule has 0 spiro atoms. The van der Waals surface area contributed by atoms with E-state index in [1.165, 1.54) is 13.0 Å². The van der Waals surface area contributed by atoms with Crippen LogP contribution in [0.4, 0.5) is 0 Å². The molecule has 3 radical (unpaired) electrons. The van der Waals surface area contributed by atoms with Gasteiger partial charge in [-0.2, -0.15) is 0 Å². The van der Waals surface area contributed by atoms with E-state index in [4.69, 9.17) is 20.7 Å². The van der Waals surface area contributed by atoms with Crippen LogP contribution in [0.15, 0.2) is 11.6 Å². The normalized spacial score (nSPS) is 11.1. The van der Waals surface area contributed by atoms with Gasteiger partial charge in [0.1, 0.15) is 0 Å². The molecule has 0 unspecified atom stereocenters. The third-order valence-corrected chi connectivity index (χ3v) is 1.88. The maximum atomic E-state index is 11.2. The fraction of sp³-hybridized carbons (Fsp3) is 0.500. The van der Waals surface area contributed by atoms with Crippen molar-refractivity contribution >= 4 is 32.2 Å². The van der Waals surface area contributed by atoms with Crippen LogP contribution in [-0.2, 0) is 4.79 Å². The molecular formula is C10H14B2NO. The first-order valence-corrected chi connectivity index (χ1v) is 4.67. The Kier molecular flexibility index (Phi) is 6.09. The molecule has 0 aliphatic rings. The van der Waals surface area contributed by atoms with Crippen molar-refractivity contribution in [1.29, 1.82) is 5.41 Å². The van der Waals surface area contributed by atoms with Gasteiger partial charge < -0.3 is 0 Å². The minimum absolute atomic E-state index is 0.0197. The average molecular weight is 186 g/mol. The van der Waals surface area contributed by atoms with E-state index in [1.54, 1.807) is 0 Å². The van der Waals surface area contributed by atoms with E-state index in [0.717, 1.165) is 12.8 Å². The molecule has 0 aromatic carbocycles. The zero-order valence-corrected chi connectivity index (χ0v) is 8.76. The summed E-state index contributed by atoms with van der Waals surface area (Å²) < 4.78 is 0. The van der Waals surface area contributed by atoms with Crippen molar-refractivity contribution in [2.45, 2.75) is 33.1 Å². The Morgan fingerprint density at radius 1 is 1.50 bits per heavy atom. The number of unbranched alkanes of at least 4 members (excludes halogenated alkanes) is 1. The van der Waals surface area contributed by atoms with E-state index in [-0.39, 0.29) is 16.9 Å². The standard InChI is InChI=1S/C10H14B2NO/c1-3-4-5-8(7(2)14)6-9(13)10(11)12/h6,13H,3-5H2,1-2H3/b8-6+,13-9?. The summed E-state index contributed by atoms with van der Waals surface area (Å²) in [6, 6.07) is 0. The predicted octanol–water partition coefficient (Wildman–Crippen LogP) is 1.18. The first kappa shape index (κ1) is 13.1. The second-order valence-corrected chi connectivity index (χ2v) is 3.20. The molecule has 0 aromatic heterocycles. The maximum absolute atomic E-state index is 11.2. The number of ketones is 1. The van der Waals surface area contributed by atoms with Gasteiger partial charge in [0.15, 0.2) is 0 Å². The van der Waals surface area contributed by atoms with E-state index < -0.39 is 0 Å². The fourth-order valence-corrected chi connectivity index (χ4v) is 0.975. The molecule has 0 fully saturated rings. The molecule has 0 rings (SSSR count). The van der Waals surface area contributed by atoms with Gasteiger partial charge in [0.05, 0.1) is 0 Å². The van der Waals surface area contributed by atoms with Crippen LogP contribution in [0.3, 0.4) is 0 Å². The monoisotopic (exact) mass is 186 g/mol. The van der Waals surface area contributed by atoms with Crippen LogP contribution in [0.5, 0.6) is 0 Å². The van der Waals surface area contributed by atoms with E-state index >= 15 is 0 Å². The summed E-state index contributed by atoms with van der Waals surface area (Å²) in [5, 5.41) is 7.33. The summed E-state index contributed by atoms with van der Waals surface area (Å²) in [6.07, 6.45) is 4.08. The number of carbonyl (C=O) groups is 1. The van der Waals surface area contributed by atoms with Gasteiger partial charge in [-0.3, -0.25) is 0 Å². The van der Waals surface area contributed by atoms with Crippen molar-refractivity contribution in [3.8, 4) is 0 Å². The van der Waals surface area contributed by atoms with Crippen LogP contribution in [0.1, 0.15) is 33.1 Å². The second kappa shape index (κ2) is 6.52. The van der Waals surface area contributed by atoms with Gasteiger partial charge in [-0.25, -0.2) is 0 Å². The Morgan fingerprint density at radius 3 is 2.43 bits per heavy atom. The molecular weight excluding hydrogens is 172 g/mol. The second-order valence-electron chi connectivity index (χ2n) is 3.20. The molecule has 4 heteroatoms. The van der Waals surface area contributed by atoms with Gasteiger partial charge in [0.25, 0.3) is 0 Å². The van der Waals surface area contributed by atoms with Gasteiger partial charge in [-0.1, -0.05) is 0 Å². The molecule has 0 atom stereocenters. The van der Waals surface area contributed by atoms with Crippen LogP contribution in [0.25, 0.3) is 0 Å². The third-order valence-electron chi connectivity index (χ3n) is 1.88. The van der Waals surface area contributed by atoms with Crippen molar-refractivity contribution in [2.75, 3.05) is 0 Å². The van der Waals surface area contributed by atoms with Gasteiger partial charge in [-0.15, -0.1) is 0 Å². The molecule has 0 saturated heterocycles. The van der Waals surface area contributed by atoms with Gasteiger partial charge >= 0.3 is 87.2 Å². The van der Waals surface area contributed by atoms with Crippen molar-refractivity contribution < 1.29 is 4.79 Å². The molecule has 0 heterocycles. The number of hydrogen-bond donors (Lipinski definition) is 1. The van der Waals surface area contributed by atoms with Gasteiger partial charge in [0.2, 0.25) is 0 Å². The zero-order chi connectivity index (χ0) is 11.1. The van der Waals surface area contributed by atoms with Crippen molar-refractivity contribution in [2.24, 2.45) is 0 Å². The molecule has 1 N–H and O–H groups in total. The fourth-order valence-electron chi connectivity index (χ4n) is 0.975. The van der Waals surface area contributed by atoms with Crippen LogP contribution in [0, 0.1) is 5.41 Å². The molecule has 14 heavy (non-hydrogen) atoms. The van der Waals surface area contributed by atoms with Crippen molar-refractivity contribution in [3.05, 3.63) is 11.6 Å². The Hall–Kier alpha value is -0.920. The van der Waals surface area contributed by atoms with Crippen molar-refractivity contribution in [3.63, 3.8) is 0 Å². The molecule has 0 bridgehead atoms. The first-order valence-electron chi connectivity index (χ1n) is 4.67. The summed E-state index contributed by atoms with van der Waals surface area (Å²) >= 11 is 0. The molecule has 71 valence electrons. The number of carbonyl (C=O) groups excluding carboxylic acids is 1. The van der Waals surface area contributed by atoms with Gasteiger partial charge in [0, 0.05) is 0 Å². The molecule has 0 aliphatic heterocycles. The number of Topliss-reactive ketones (excluding diaryl/α,β-unsaturated/α-hetero) is 1. The Balaban J connectivity index is 4.56. The Bertz CT molecular complexity index is 282. The Morgan fingerprint density at radius 2 is 2.07 bits per heavy atom. The summed E-state index contributed by atoms with van der Waals surface area (Å²) in [6.45, 7) is 3.54. The van der Waals surface area contributed by atoms with Crippen LogP contribution in [-0.4, -0.2) is 32.2 Å². The molecule has 0 aromatic rings. The summed E-state index contributed by atoms with van der Waals surface area (Å²) in [5.74, 6) is -0.0237. The summed E-state index contributed by atoms with van der Waals surface area (Å²) in [4.78, 5) is 11.2. The minimum atomic E-state index is -0.0553. The molecule has 2 nitrogen and oxygen atoms in total. The van der Waals surface area contributed by atoms with E-state index in [9.17, 15) is 4.79 Å². The first-order chi connectivity index (χ1) is 6.49. The predicted molar refractivity (Wildman–Crippen MR) is 62.5 cm³/mol. The SMILES string of the molecule is [B]C(=[B])C(=N)/C=C(\CCCC)C(C)=O. The average Bonchev–Trinajstić information content (AvgIpc) is 2.10. The number of allylic oxidation sites excluding steroid dienone is 2. The van der Waals surface area contributed by atoms with Crippen molar-refractivity contribution in [1.82, 2.24) is 0 Å². The van der Waals surface area contributed by atoms with Crippen LogP contribution >= 0.6 is 0 Å². The molecule has 0 aliphatic carbocycles. The topological polar surface area (TPSA) is 40.9 Å². The van der Waals surface area contributed by atoms with Gasteiger partial charge in [-0.05, 0) is 0 Å². The quantitative estimate of drug-likeness (QED) is 0.377. The third kappa shape index (κ3) is 4.95. The molecule has 0 amide bonds. The molecule has 0 saturated carbocycles. The number of rotatable bonds is 6. The zero-order valence-electron chi connectivity index (χ0n) is 8.76. The van der Waals surface area contributed by atoms with E-state index in [2.05, 4.69) is 0 Å². The Labute approximate surface area is 87.8 Å². The summed E-state index contributed by atoms with van der Waals surface area (Å²) in [5.41, 5.74) is 0.636. The number of nitrogens with one attached hydrogen (secondary N) is 1.